The van der Waals surface area contributed by atoms with Crippen molar-refractivity contribution < 1.29 is 121 Å². The van der Waals surface area contributed by atoms with Gasteiger partial charge in [-0.2, -0.15) is 0 Å². The molecule has 10 bridgehead atoms. The molecule has 5 saturated heterocycles. The number of nitrogens with zero attached hydrogens (tertiary/aromatic N) is 5. The smallest absolute Gasteiger partial charge is 0.274 e. The average molecular weight is 2190 g/mol. The zero-order chi connectivity index (χ0) is 108. The Morgan fingerprint density at radius 1 is 0.353 bits per heavy atom. The van der Waals surface area contributed by atoms with E-state index in [9.17, 15) is 70.6 Å². The molecule has 41 heteroatoms. The Kier molecular flexibility index (Phi) is 35.7. The van der Waals surface area contributed by atoms with Gasteiger partial charge in [0.2, 0.25) is 40.1 Å². The second-order valence-corrected chi connectivity index (χ2v) is 53.8. The van der Waals surface area contributed by atoms with E-state index in [4.69, 9.17) is 50.1 Å². The summed E-state index contributed by atoms with van der Waals surface area (Å²) in [7, 11) is -16.2. The molecule has 5 N–H and O–H groups in total. The summed E-state index contributed by atoms with van der Waals surface area (Å²) in [6.07, 6.45) is 24.8. The van der Waals surface area contributed by atoms with Gasteiger partial charge in [-0.25, -0.2) is 66.1 Å². The number of sulfonamides is 4. The van der Waals surface area contributed by atoms with Gasteiger partial charge in [-0.15, -0.1) is 0 Å². The van der Waals surface area contributed by atoms with Gasteiger partial charge in [0.1, 0.15) is 34.9 Å². The molecule has 18 atom stereocenters. The molecule has 6 saturated carbocycles. The van der Waals surface area contributed by atoms with Crippen LogP contribution in [0, 0.1) is 5.92 Å². The van der Waals surface area contributed by atoms with Crippen molar-refractivity contribution in [2.45, 2.75) is 332 Å². The van der Waals surface area contributed by atoms with E-state index in [0.717, 1.165) is 137 Å². The lowest BCUT2D eigenvalue weighted by atomic mass is 9.80. The predicted octanol–water partition coefficient (Wildman–Crippen LogP) is 11.3. The van der Waals surface area contributed by atoms with Crippen LogP contribution in [0.2, 0.25) is 0 Å². The molecule has 1 spiro atoms. The number of ether oxygens (including phenoxy) is 10. The van der Waals surface area contributed by atoms with E-state index in [0.29, 0.717) is 145 Å². The number of piperidine rings is 3. The van der Waals surface area contributed by atoms with E-state index in [2.05, 4.69) is 53.7 Å². The summed E-state index contributed by atoms with van der Waals surface area (Å²) in [5.74, 6) is 3.89. The minimum atomic E-state index is -3.45. The summed E-state index contributed by atoms with van der Waals surface area (Å²) in [5, 5.41) is 0. The van der Waals surface area contributed by atoms with Crippen LogP contribution in [0.1, 0.15) is 254 Å². The lowest BCUT2D eigenvalue weighted by Crippen LogP contribution is -2.62. The Morgan fingerprint density at radius 2 is 0.700 bits per heavy atom. The zero-order valence-corrected chi connectivity index (χ0v) is 91.4. The van der Waals surface area contributed by atoms with E-state index < -0.39 is 91.9 Å². The molecule has 34 nitrogen and oxygen atoms in total. The first-order valence-electron chi connectivity index (χ1n) is 54.8. The molecule has 0 radical (unpaired) electrons. The van der Waals surface area contributed by atoms with Gasteiger partial charge in [0.15, 0.2) is 32.0 Å². The summed E-state index contributed by atoms with van der Waals surface area (Å²) in [6, 6.07) is 34.8. The molecule has 15 aliphatic heterocycles. The highest BCUT2D eigenvalue weighted by molar-refractivity contribution is 7.97. The number of rotatable bonds is 10. The van der Waals surface area contributed by atoms with Crippen molar-refractivity contribution in [3.63, 3.8) is 0 Å². The largest absolute Gasteiger partial charge is 0.483 e. The molecule has 6 aliphatic carbocycles. The lowest BCUT2D eigenvalue weighted by Gasteiger charge is -2.44. The van der Waals surface area contributed by atoms with Crippen LogP contribution < -0.4 is 47.3 Å². The third kappa shape index (κ3) is 29.0. The number of halogens is 2. The van der Waals surface area contributed by atoms with E-state index in [1.54, 1.807) is 68.7 Å². The second-order valence-electron chi connectivity index (χ2n) is 44.5. The summed E-state index contributed by atoms with van der Waals surface area (Å²) in [5.41, 5.74) is 4.15. The van der Waals surface area contributed by atoms with Crippen LogP contribution in [0.15, 0.2) is 121 Å². The number of amides is 5. The minimum absolute atomic E-state index is 0.0384. The Balaban J connectivity index is 0.000000129. The lowest BCUT2D eigenvalue weighted by molar-refractivity contribution is -0.168. The van der Waals surface area contributed by atoms with Gasteiger partial charge < -0.3 is 71.9 Å². The van der Waals surface area contributed by atoms with Crippen molar-refractivity contribution in [1.29, 1.82) is 0 Å². The monoisotopic (exact) mass is 2190 g/mol. The molecule has 11 fully saturated rings. The number of hydrogen-bond donors (Lipinski definition) is 5. The maximum atomic E-state index is 15.0. The summed E-state index contributed by atoms with van der Waals surface area (Å²) < 4.78 is 230. The van der Waals surface area contributed by atoms with Crippen LogP contribution in [-0.4, -0.2) is 324 Å². The molecule has 5 amide bonds. The number of benzene rings is 5. The van der Waals surface area contributed by atoms with Gasteiger partial charge in [-0.3, -0.25) is 28.2 Å². The number of hydrogen-bond acceptors (Lipinski definition) is 24. The first-order valence-corrected chi connectivity index (χ1v) is 63.5. The highest BCUT2D eigenvalue weighted by Crippen LogP contribution is 2.64. The third-order valence-corrected chi connectivity index (χ3v) is 36.8. The molecule has 0 aromatic heterocycles. The van der Waals surface area contributed by atoms with Gasteiger partial charge in [0.05, 0.1) is 113 Å². The van der Waals surface area contributed by atoms with Crippen LogP contribution in [0.5, 0.6) is 28.7 Å². The highest BCUT2D eigenvalue weighted by Gasteiger charge is 2.60. The maximum Gasteiger partial charge on any atom is 0.274 e. The van der Waals surface area contributed by atoms with E-state index in [-0.39, 0.29) is 172 Å². The Bertz CT molecular complexity index is 6250. The quantitative estimate of drug-likeness (QED) is 0.0811. The van der Waals surface area contributed by atoms with Crippen molar-refractivity contribution in [3.05, 3.63) is 149 Å². The molecule has 11 unspecified atom stereocenters. The van der Waals surface area contributed by atoms with Crippen LogP contribution >= 0.6 is 0 Å². The number of carbonyl (C=O) groups is 5. The fourth-order valence-electron chi connectivity index (χ4n) is 25.7. The van der Waals surface area contributed by atoms with Crippen molar-refractivity contribution >= 4 is 85.2 Å². The number of nitrogens with one attached hydrogen (secondary N) is 5. The van der Waals surface area contributed by atoms with E-state index >= 15 is 0 Å². The van der Waals surface area contributed by atoms with Crippen LogP contribution in [0.3, 0.4) is 0 Å². The minimum Gasteiger partial charge on any atom is -0.483 e. The molecule has 15 heterocycles. The van der Waals surface area contributed by atoms with Gasteiger partial charge in [0.25, 0.3) is 35.5 Å². The molecule has 26 rings (SSSR count). The molecular weight excluding hydrogens is 2030 g/mol. The van der Waals surface area contributed by atoms with Gasteiger partial charge in [-0.1, -0.05) is 97.4 Å². The maximum absolute atomic E-state index is 15.0. The van der Waals surface area contributed by atoms with E-state index in [1.807, 2.05) is 66.7 Å². The van der Waals surface area contributed by atoms with E-state index in [1.165, 1.54) is 36.1 Å². The van der Waals surface area contributed by atoms with Gasteiger partial charge in [0, 0.05) is 99.0 Å². The Hall–Kier alpha value is -8.27. The van der Waals surface area contributed by atoms with Crippen molar-refractivity contribution in [2.24, 2.45) is 5.92 Å². The molecule has 5 aromatic carbocycles. The Morgan fingerprint density at radius 3 is 1.14 bits per heavy atom. The molecular formula is C109H154F2N10O24S5. The standard InChI is InChI=1S/C23H34N2O5S.C22H30N2O5S.C22H32N2O5S.C21H28F2N2O4S.C21H30N2O5S/c1-23(2)22(26)25-14-6-8-19(24-31(3,27)28)20(25)15-29-17-12-10-16(11-13-17)18-7-4-5-9-21(18)30-23;1-30(26,27)23-18-6-4-10-24-19(18)13-28-16-8-9-22(12-15(22)11-16)17-5-2-3-7-20(17)29-14-21(24)25;1-30(26,27)23-19-7-4-5-13-24-20(19)14-28-17-11-9-16(10-12-17)18-6-2-3-8-21(18)29-15-22(24)25;1-30(2,27)24-16-9-10-25-17(16)12-29-19-8-7-14(11-21(19,22)23)15-5-3-4-6-18(15)28-13-20(25)26;1-29(25,26)22-18-6-4-12-23-19(18)13-27-16-10-8-15(9-11-16)17-5-2-3-7-20(17)28-14-21(23)24/h4-5,7,9,16-17,19-20,24H,6,8,10-15H2,1-3H3;2-3,5,7,15-16,18-19,23H,4,6,8-14H2,1H3;2-3,6,8,16-17,19-20,23H,4-5,7,9-15H2,1H3;3-6,14,16-17,19H,1,7-13H2,2H3,(H,24,27);2-3,5,7,15-16,18-19,22H,4,6,8-14H2,1H3/t16?,17?,19-,20?;15?,16-,18+,19?,22?;16?,17?,19-,20?;14?,16-,17?,19-,30?;15?,16?,18-,19?/m01000/s1/i;;;;8D2. The zero-order valence-electron chi connectivity index (χ0n) is 89.3. The van der Waals surface area contributed by atoms with Crippen LogP contribution in [0.25, 0.3) is 0 Å². The molecule has 21 aliphatic rings. The van der Waals surface area contributed by atoms with Crippen molar-refractivity contribution in [1.82, 2.24) is 48.1 Å². The fraction of sp³-hybridized carbons (Fsp3) is 0.670. The number of para-hydroxylation sites is 5. The average Bonchev–Trinajstić information content (AvgIpc) is 1.55. The fourth-order valence-corrected chi connectivity index (χ4v) is 29.9. The summed E-state index contributed by atoms with van der Waals surface area (Å²) >= 11 is 0. The first-order chi connectivity index (χ1) is 72.2. The van der Waals surface area contributed by atoms with Crippen molar-refractivity contribution in [2.75, 3.05) is 123 Å². The number of carbonyl (C=O) groups excluding carboxylic acids is 5. The molecule has 150 heavy (non-hydrogen) atoms. The van der Waals surface area contributed by atoms with Gasteiger partial charge >= 0.3 is 0 Å². The highest BCUT2D eigenvalue weighted by atomic mass is 32.2. The molecule has 828 valence electrons. The first kappa shape index (κ1) is 110. The summed E-state index contributed by atoms with van der Waals surface area (Å²) in [4.78, 5) is 74.5. The molecule has 5 aromatic rings. The normalized spacial score (nSPS) is 33.1. The Labute approximate surface area is 887 Å². The third-order valence-electron chi connectivity index (χ3n) is 33.1. The number of alkyl halides is 2. The summed E-state index contributed by atoms with van der Waals surface area (Å²) in [6.45, 7) is 6.98. The second kappa shape index (κ2) is 48.6. The topological polar surface area (TPSA) is 408 Å². The van der Waals surface area contributed by atoms with Gasteiger partial charge in [-0.05, 0) is 275 Å². The SMILES string of the molecule is C=S(C)(=O)N[C@H]1CCN2C(=O)COc3ccccc3C3CC[C@H](OCC12)C(F)(F)C3.CC1(C)Oc2ccccc2C2CCC(CC2)OCC2[C@@H](NS(C)(=O)=O)CCCN2C1=O.CS(=O)(=O)N[C@H]1CCCCN2C(=O)COc3ccccc3C3CCC(CC3)OCC12.CS(=O)(=O)N[C@H]1CCCN2C(=O)COc3ccccc3C34CC[C@H](CC3C4)OCC12.[2H]C1([2H])CC2CCC1c1ccccc1OCC(=O)N1CCC[C@H](NS(C)(=O)=O)C1CO2. The van der Waals surface area contributed by atoms with Crippen LogP contribution in [-0.2, 0) is 103 Å². The van der Waals surface area contributed by atoms with Crippen molar-refractivity contribution in [3.8, 4) is 28.7 Å². The van der Waals surface area contributed by atoms with Crippen LogP contribution in [0.4, 0.5) is 8.78 Å². The number of fused-ring (bicyclic) bond motifs is 24. The predicted molar refractivity (Wildman–Crippen MR) is 565 cm³/mol.